The molecule has 2 aromatic rings. The Balaban J connectivity index is -0.000000103. The molecule has 0 saturated heterocycles. The van der Waals surface area contributed by atoms with Gasteiger partial charge in [0.15, 0.2) is 0 Å². The molecule has 0 saturated carbocycles. The summed E-state index contributed by atoms with van der Waals surface area (Å²) in [7, 11) is 4.48. The molecule has 1 nitrogen and oxygen atoms in total. The molecule has 0 aromatic heterocycles. The predicted octanol–water partition coefficient (Wildman–Crippen LogP) is -15.7. The fourth-order valence-electron chi connectivity index (χ4n) is 1.96. The van der Waals surface area contributed by atoms with Crippen molar-refractivity contribution in [1.82, 2.24) is 4.48 Å². The number of benzene rings is 2. The number of hydrogen-bond acceptors (Lipinski definition) is 0. The number of nitrogens with zero attached hydrogens (tertiary/aromatic N) is 1. The first-order valence-electron chi connectivity index (χ1n) is 5.61. The minimum absolute atomic E-state index is 0. The summed E-state index contributed by atoms with van der Waals surface area (Å²) in [5, 5.41) is 0. The Morgan fingerprint density at radius 1 is 0.609 bits per heavy atom. The second kappa shape index (κ2) is 17.2. The second-order valence-corrected chi connectivity index (χ2v) is 4.66. The topological polar surface area (TPSA) is 0 Å². The van der Waals surface area contributed by atoms with Gasteiger partial charge < -0.3 is 28.2 Å². The van der Waals surface area contributed by atoms with Crippen molar-refractivity contribution in [2.24, 2.45) is 0 Å². The predicted molar refractivity (Wildman–Crippen MR) is 80.2 cm³/mol. The number of halogens is 6. The zero-order valence-electron chi connectivity index (χ0n) is 12.9. The van der Waals surface area contributed by atoms with Crippen molar-refractivity contribution >= 4 is 30.1 Å². The minimum atomic E-state index is 0. The SMILES string of the molecule is C[N+](C)(Cc1ccccc1)c1ccccc1.[F-].[F-].[F-].[F-].[F-].[F-].[SbH3]. The van der Waals surface area contributed by atoms with Gasteiger partial charge in [-0.25, -0.2) is 0 Å². The van der Waals surface area contributed by atoms with Crippen LogP contribution >= 0.6 is 0 Å². The molecule has 0 aliphatic carbocycles. The third-order valence-corrected chi connectivity index (χ3v) is 2.88. The van der Waals surface area contributed by atoms with Crippen LogP contribution < -0.4 is 32.7 Å². The molecule has 0 aliphatic rings. The van der Waals surface area contributed by atoms with Gasteiger partial charge in [-0.3, -0.25) is 4.48 Å². The summed E-state index contributed by atoms with van der Waals surface area (Å²) >= 11 is 0. The average Bonchev–Trinajstić information content (AvgIpc) is 2.31. The van der Waals surface area contributed by atoms with Gasteiger partial charge in [-0.2, -0.15) is 0 Å². The summed E-state index contributed by atoms with van der Waals surface area (Å²) in [4.78, 5) is 0. The van der Waals surface area contributed by atoms with E-state index in [0.29, 0.717) is 0 Å². The fraction of sp³-hybridized carbons (Fsp3) is 0.200. The summed E-state index contributed by atoms with van der Waals surface area (Å²) in [6.45, 7) is 1.02. The number of rotatable bonds is 3. The standard InChI is InChI=1S/C15H18N.6FH.Sb.3H/c1-16(2,15-11-7-4-8-12-15)13-14-9-5-3-6-10-14;;;;;;;;;;/h3-12H,13H2,1-2H3;6*1H;;;;/q+1;;;;;;;;;;/p-6. The number of quaternary nitrogens is 1. The van der Waals surface area contributed by atoms with E-state index in [1.807, 2.05) is 0 Å². The van der Waals surface area contributed by atoms with Crippen LogP contribution in [0, 0.1) is 0 Å². The molecule has 0 unspecified atom stereocenters. The third-order valence-electron chi connectivity index (χ3n) is 2.88. The normalized spacial score (nSPS) is 7.91. The van der Waals surface area contributed by atoms with E-state index in [-0.39, 0.29) is 52.7 Å². The van der Waals surface area contributed by atoms with Crippen molar-refractivity contribution in [3.05, 3.63) is 66.2 Å². The molecule has 2 aromatic carbocycles. The van der Waals surface area contributed by atoms with E-state index in [2.05, 4.69) is 74.8 Å². The zero-order chi connectivity index (χ0) is 11.4. The molecule has 138 valence electrons. The van der Waals surface area contributed by atoms with Crippen LogP contribution in [0.15, 0.2) is 60.7 Å². The van der Waals surface area contributed by atoms with Gasteiger partial charge in [0.1, 0.15) is 12.2 Å². The molecule has 0 atom stereocenters. The summed E-state index contributed by atoms with van der Waals surface area (Å²) in [5.41, 5.74) is 2.71. The van der Waals surface area contributed by atoms with Gasteiger partial charge in [0.2, 0.25) is 0 Å². The van der Waals surface area contributed by atoms with Crippen LogP contribution in [0.4, 0.5) is 5.69 Å². The van der Waals surface area contributed by atoms with E-state index in [1.54, 1.807) is 0 Å². The van der Waals surface area contributed by atoms with Crippen LogP contribution in [0.25, 0.3) is 0 Å². The van der Waals surface area contributed by atoms with Gasteiger partial charge in [0.05, 0.1) is 14.1 Å². The van der Waals surface area contributed by atoms with Crippen molar-refractivity contribution in [2.75, 3.05) is 14.1 Å². The van der Waals surface area contributed by atoms with Gasteiger partial charge in [0.25, 0.3) is 0 Å². The van der Waals surface area contributed by atoms with Crippen LogP contribution in [-0.4, -0.2) is 38.5 Å². The Bertz CT molecular complexity index is 456. The molecule has 0 spiro atoms. The quantitative estimate of drug-likeness (QED) is 0.247. The first kappa shape index (κ1) is 37.8. The van der Waals surface area contributed by atoms with Crippen molar-refractivity contribution in [2.45, 2.75) is 6.54 Å². The molecule has 2 rings (SSSR count). The van der Waals surface area contributed by atoms with E-state index in [1.165, 1.54) is 11.3 Å². The van der Waals surface area contributed by atoms with Crippen LogP contribution in [0.2, 0.25) is 0 Å². The molecule has 0 bridgehead atoms. The van der Waals surface area contributed by atoms with Gasteiger partial charge >= 0.3 is 24.4 Å². The Morgan fingerprint density at radius 2 is 0.957 bits per heavy atom. The van der Waals surface area contributed by atoms with Crippen LogP contribution in [0.1, 0.15) is 5.56 Å². The summed E-state index contributed by atoms with van der Waals surface area (Å²) in [6, 6.07) is 21.2. The maximum absolute atomic E-state index is 2.24. The van der Waals surface area contributed by atoms with Gasteiger partial charge in [-0.05, 0) is 12.1 Å². The Kier molecular flexibility index (Phi) is 28.2. The zero-order valence-corrected chi connectivity index (χ0v) is 16.9. The number of para-hydroxylation sites is 1. The Labute approximate surface area is 149 Å². The average molecular weight is 451 g/mol. The summed E-state index contributed by atoms with van der Waals surface area (Å²) in [6.07, 6.45) is 0. The first-order valence-corrected chi connectivity index (χ1v) is 5.61. The first-order chi connectivity index (χ1) is 7.68. The van der Waals surface area contributed by atoms with E-state index in [4.69, 9.17) is 0 Å². The van der Waals surface area contributed by atoms with Crippen molar-refractivity contribution < 1.29 is 28.2 Å². The number of hydrogen-bond donors (Lipinski definition) is 0. The monoisotopic (exact) mass is 450 g/mol. The molecular formula is C15H21F6NSb-5. The maximum atomic E-state index is 2.24. The summed E-state index contributed by atoms with van der Waals surface area (Å²) in [5.74, 6) is 0. The molecular weight excluding hydrogens is 430 g/mol. The van der Waals surface area contributed by atoms with Crippen LogP contribution in [0.5, 0.6) is 0 Å². The molecule has 0 fully saturated rings. The molecule has 0 aliphatic heterocycles. The van der Waals surface area contributed by atoms with Gasteiger partial charge in [-0.15, -0.1) is 0 Å². The van der Waals surface area contributed by atoms with Crippen LogP contribution in [-0.2, 0) is 6.54 Å². The molecule has 8 heteroatoms. The van der Waals surface area contributed by atoms with E-state index < -0.39 is 0 Å². The Morgan fingerprint density at radius 3 is 1.35 bits per heavy atom. The molecule has 0 heterocycles. The fourth-order valence-corrected chi connectivity index (χ4v) is 1.96. The third kappa shape index (κ3) is 11.0. The van der Waals surface area contributed by atoms with Gasteiger partial charge in [0, 0.05) is 5.56 Å². The molecule has 0 N–H and O–H groups in total. The summed E-state index contributed by atoms with van der Waals surface area (Å²) < 4.78 is 0.880. The van der Waals surface area contributed by atoms with Crippen molar-refractivity contribution in [3.8, 4) is 0 Å². The van der Waals surface area contributed by atoms with E-state index in [9.17, 15) is 0 Å². The molecule has 23 heavy (non-hydrogen) atoms. The van der Waals surface area contributed by atoms with E-state index >= 15 is 0 Å². The molecule has 0 radical (unpaired) electrons. The van der Waals surface area contributed by atoms with Crippen molar-refractivity contribution in [1.29, 1.82) is 0 Å². The van der Waals surface area contributed by atoms with Gasteiger partial charge in [-0.1, -0.05) is 48.5 Å². The molecule has 0 amide bonds. The van der Waals surface area contributed by atoms with Crippen LogP contribution in [0.3, 0.4) is 0 Å². The van der Waals surface area contributed by atoms with Crippen molar-refractivity contribution in [3.63, 3.8) is 0 Å². The van der Waals surface area contributed by atoms with E-state index in [0.717, 1.165) is 11.0 Å². The Hall–Kier alpha value is -1.20. The second-order valence-electron chi connectivity index (χ2n) is 4.66.